The van der Waals surface area contributed by atoms with Crippen LogP contribution in [0.5, 0.6) is 0 Å². The molecule has 1 rings (SSSR count). The molecule has 1 atom stereocenters. The molecule has 0 aromatic rings. The highest BCUT2D eigenvalue weighted by Gasteiger charge is 2.31. The maximum atomic E-state index is 11.8. The molecule has 0 bridgehead atoms. The van der Waals surface area contributed by atoms with E-state index in [1.807, 2.05) is 6.92 Å². The molecule has 3 N–H and O–H groups in total. The lowest BCUT2D eigenvalue weighted by atomic mass is 10.1. The highest BCUT2D eigenvalue weighted by molar-refractivity contribution is 5.84. The molecule has 1 unspecified atom stereocenters. The van der Waals surface area contributed by atoms with Crippen molar-refractivity contribution in [2.24, 2.45) is 11.7 Å². The topological polar surface area (TPSA) is 75.4 Å². The van der Waals surface area contributed by atoms with Gasteiger partial charge in [0.2, 0.25) is 11.8 Å². The third-order valence-corrected chi connectivity index (χ3v) is 2.99. The van der Waals surface area contributed by atoms with E-state index in [9.17, 15) is 9.59 Å². The van der Waals surface area contributed by atoms with Gasteiger partial charge in [-0.2, -0.15) is 0 Å². The molecule has 1 aliphatic carbocycles. The van der Waals surface area contributed by atoms with Crippen LogP contribution in [0.2, 0.25) is 0 Å². The lowest BCUT2D eigenvalue weighted by molar-refractivity contribution is -0.136. The van der Waals surface area contributed by atoms with E-state index in [2.05, 4.69) is 5.32 Å². The summed E-state index contributed by atoms with van der Waals surface area (Å²) >= 11 is 0. The summed E-state index contributed by atoms with van der Waals surface area (Å²) in [4.78, 5) is 24.6. The summed E-state index contributed by atoms with van der Waals surface area (Å²) in [5, 5.41) is 2.51. The van der Waals surface area contributed by atoms with Crippen molar-refractivity contribution >= 4 is 11.8 Å². The molecule has 2 amide bonds. The van der Waals surface area contributed by atoms with Crippen molar-refractivity contribution in [2.75, 3.05) is 20.1 Å². The first kappa shape index (κ1) is 13.0. The molecule has 5 nitrogen and oxygen atoms in total. The molecule has 0 saturated heterocycles. The second-order valence-corrected chi connectivity index (χ2v) is 4.29. The molecule has 16 heavy (non-hydrogen) atoms. The second-order valence-electron chi connectivity index (χ2n) is 4.29. The summed E-state index contributed by atoms with van der Waals surface area (Å²) in [7, 11) is 1.57. The Morgan fingerprint density at radius 2 is 2.12 bits per heavy atom. The Kier molecular flexibility index (Phi) is 4.73. The van der Waals surface area contributed by atoms with Crippen LogP contribution in [0, 0.1) is 5.92 Å². The van der Waals surface area contributed by atoms with Crippen LogP contribution < -0.4 is 11.1 Å². The van der Waals surface area contributed by atoms with Crippen LogP contribution in [-0.4, -0.2) is 42.9 Å². The Hall–Kier alpha value is -1.10. The van der Waals surface area contributed by atoms with E-state index in [1.54, 1.807) is 11.9 Å². The van der Waals surface area contributed by atoms with Crippen LogP contribution in [0.1, 0.15) is 26.2 Å². The predicted molar refractivity (Wildman–Crippen MR) is 61.6 cm³/mol. The highest BCUT2D eigenvalue weighted by Crippen LogP contribution is 2.32. The van der Waals surface area contributed by atoms with Crippen LogP contribution in [0.15, 0.2) is 0 Å². The summed E-state index contributed by atoms with van der Waals surface area (Å²) in [5.74, 6) is 0.350. The van der Waals surface area contributed by atoms with Gasteiger partial charge in [0.05, 0.1) is 6.54 Å². The summed E-state index contributed by atoms with van der Waals surface area (Å²) in [6.07, 6.45) is 2.63. The molecular formula is C11H21N3O2. The Morgan fingerprint density at radius 1 is 1.50 bits per heavy atom. The zero-order chi connectivity index (χ0) is 12.1. The fourth-order valence-corrected chi connectivity index (χ4v) is 1.65. The average Bonchev–Trinajstić information content (AvgIpc) is 3.08. The molecule has 0 aromatic carbocycles. The molecular weight excluding hydrogens is 206 g/mol. The number of nitrogens with one attached hydrogen (secondary N) is 1. The maximum Gasteiger partial charge on any atom is 0.239 e. The molecule has 0 radical (unpaired) electrons. The fraction of sp³-hybridized carbons (Fsp3) is 0.818. The van der Waals surface area contributed by atoms with Gasteiger partial charge < -0.3 is 16.0 Å². The Balaban J connectivity index is 2.38. The minimum absolute atomic E-state index is 0.0227. The lowest BCUT2D eigenvalue weighted by Crippen LogP contribution is -2.42. The molecule has 92 valence electrons. The third kappa shape index (κ3) is 3.81. The number of carbonyl (C=O) groups is 2. The first-order valence-electron chi connectivity index (χ1n) is 5.82. The van der Waals surface area contributed by atoms with E-state index < -0.39 is 0 Å². The number of carbonyl (C=O) groups excluding carboxylic acids is 2. The van der Waals surface area contributed by atoms with Gasteiger partial charge in [-0.3, -0.25) is 9.59 Å². The number of hydrogen-bond acceptors (Lipinski definition) is 3. The molecule has 1 aliphatic rings. The monoisotopic (exact) mass is 227 g/mol. The third-order valence-electron chi connectivity index (χ3n) is 2.99. The second kappa shape index (κ2) is 5.84. The van der Waals surface area contributed by atoms with Gasteiger partial charge in [-0.05, 0) is 25.7 Å². The number of nitrogens with zero attached hydrogens (tertiary/aromatic N) is 1. The Labute approximate surface area is 96.4 Å². The first-order chi connectivity index (χ1) is 7.58. The lowest BCUT2D eigenvalue weighted by Gasteiger charge is -2.21. The van der Waals surface area contributed by atoms with E-state index >= 15 is 0 Å². The zero-order valence-corrected chi connectivity index (χ0v) is 10.0. The van der Waals surface area contributed by atoms with Gasteiger partial charge in [0, 0.05) is 26.1 Å². The van der Waals surface area contributed by atoms with Crippen LogP contribution in [-0.2, 0) is 9.59 Å². The standard InChI is InChI=1S/C11H21N3O2/c1-3-14(7-10(15)13-2)11(16)6-9(12)8-4-5-8/h8-9H,3-7,12H2,1-2H3,(H,13,15). The minimum Gasteiger partial charge on any atom is -0.358 e. The normalized spacial score (nSPS) is 16.7. The molecule has 1 fully saturated rings. The van der Waals surface area contributed by atoms with Gasteiger partial charge in [0.15, 0.2) is 0 Å². The van der Waals surface area contributed by atoms with Crippen molar-refractivity contribution in [3.8, 4) is 0 Å². The van der Waals surface area contributed by atoms with Crippen LogP contribution >= 0.6 is 0 Å². The molecule has 0 heterocycles. The van der Waals surface area contributed by atoms with Crippen molar-refractivity contribution < 1.29 is 9.59 Å². The largest absolute Gasteiger partial charge is 0.358 e. The Morgan fingerprint density at radius 3 is 2.56 bits per heavy atom. The quantitative estimate of drug-likeness (QED) is 0.654. The maximum absolute atomic E-state index is 11.8. The van der Waals surface area contributed by atoms with Crippen molar-refractivity contribution in [2.45, 2.75) is 32.2 Å². The smallest absolute Gasteiger partial charge is 0.239 e. The molecule has 0 aliphatic heterocycles. The van der Waals surface area contributed by atoms with E-state index in [-0.39, 0.29) is 24.4 Å². The van der Waals surface area contributed by atoms with Crippen LogP contribution in [0.25, 0.3) is 0 Å². The van der Waals surface area contributed by atoms with Gasteiger partial charge in [0.25, 0.3) is 0 Å². The molecule has 5 heteroatoms. The first-order valence-corrected chi connectivity index (χ1v) is 5.82. The van der Waals surface area contributed by atoms with Gasteiger partial charge in [-0.15, -0.1) is 0 Å². The molecule has 0 aromatic heterocycles. The summed E-state index contributed by atoms with van der Waals surface area (Å²) in [6, 6.07) is -0.0359. The SMILES string of the molecule is CCN(CC(=O)NC)C(=O)CC(N)C1CC1. The highest BCUT2D eigenvalue weighted by atomic mass is 16.2. The van der Waals surface area contributed by atoms with Crippen molar-refractivity contribution in [3.05, 3.63) is 0 Å². The fourth-order valence-electron chi connectivity index (χ4n) is 1.65. The van der Waals surface area contributed by atoms with E-state index in [0.29, 0.717) is 18.9 Å². The summed E-state index contributed by atoms with van der Waals surface area (Å²) < 4.78 is 0. The Bertz CT molecular complexity index is 264. The number of rotatable bonds is 6. The van der Waals surface area contributed by atoms with Crippen LogP contribution in [0.3, 0.4) is 0 Å². The van der Waals surface area contributed by atoms with Crippen molar-refractivity contribution in [1.29, 1.82) is 0 Å². The number of hydrogen-bond donors (Lipinski definition) is 2. The molecule has 1 saturated carbocycles. The minimum atomic E-state index is -0.143. The van der Waals surface area contributed by atoms with E-state index in [1.165, 1.54) is 0 Å². The van der Waals surface area contributed by atoms with Crippen molar-refractivity contribution in [1.82, 2.24) is 10.2 Å². The number of amides is 2. The molecule has 0 spiro atoms. The average molecular weight is 227 g/mol. The van der Waals surface area contributed by atoms with Gasteiger partial charge in [-0.1, -0.05) is 0 Å². The predicted octanol–water partition coefficient (Wildman–Crippen LogP) is -0.292. The zero-order valence-electron chi connectivity index (χ0n) is 10.0. The van der Waals surface area contributed by atoms with Crippen molar-refractivity contribution in [3.63, 3.8) is 0 Å². The number of likely N-dealkylation sites (N-methyl/N-ethyl adjacent to an activating group) is 2. The van der Waals surface area contributed by atoms with Gasteiger partial charge >= 0.3 is 0 Å². The summed E-state index contributed by atoms with van der Waals surface area (Å²) in [6.45, 7) is 2.54. The van der Waals surface area contributed by atoms with Gasteiger partial charge in [0.1, 0.15) is 0 Å². The van der Waals surface area contributed by atoms with E-state index in [4.69, 9.17) is 5.73 Å². The summed E-state index contributed by atoms with van der Waals surface area (Å²) in [5.41, 5.74) is 5.89. The van der Waals surface area contributed by atoms with Crippen LogP contribution in [0.4, 0.5) is 0 Å². The number of nitrogens with two attached hydrogens (primary N) is 1. The van der Waals surface area contributed by atoms with E-state index in [0.717, 1.165) is 12.8 Å². The van der Waals surface area contributed by atoms with Gasteiger partial charge in [-0.25, -0.2) is 0 Å².